The Labute approximate surface area is 262 Å². The van der Waals surface area contributed by atoms with Crippen LogP contribution in [0.3, 0.4) is 0 Å². The summed E-state index contributed by atoms with van der Waals surface area (Å²) in [4.78, 5) is 44.4. The first-order valence-corrected chi connectivity index (χ1v) is 7.23. The Bertz CT molecular complexity index is 402. The topological polar surface area (TPSA) is 216 Å². The molecule has 0 aromatic carbocycles. The van der Waals surface area contributed by atoms with E-state index in [1.54, 1.807) is 0 Å². The average molecular weight is 480 g/mol. The maximum atomic E-state index is 10.6. The quantitative estimate of drug-likeness (QED) is 0.122. The van der Waals surface area contributed by atoms with Gasteiger partial charge in [-0.1, -0.05) is 0 Å². The van der Waals surface area contributed by atoms with E-state index in [2.05, 4.69) is 0 Å². The summed E-state index contributed by atoms with van der Waals surface area (Å²) in [5.41, 5.74) is 0. The second-order valence-electron chi connectivity index (χ2n) is 5.02. The van der Waals surface area contributed by atoms with Gasteiger partial charge in [0.15, 0.2) is 0 Å². The van der Waals surface area contributed by atoms with Gasteiger partial charge in [-0.3, -0.25) is 29.0 Å². The number of aliphatic hydroxyl groups excluding tert-OH is 3. The summed E-state index contributed by atoms with van der Waals surface area (Å²) in [6.45, 7) is -2.98. The number of aliphatic carboxylic acids is 4. The van der Waals surface area contributed by atoms with Crippen molar-refractivity contribution in [3.05, 3.63) is 0 Å². The van der Waals surface area contributed by atoms with E-state index in [1.165, 1.54) is 0 Å². The van der Waals surface area contributed by atoms with Crippen LogP contribution in [0.4, 0.5) is 0 Å². The number of hydrogen-bond donors (Lipinski definition) is 7. The molecule has 7 N–H and O–H groups in total. The second-order valence-corrected chi connectivity index (χ2v) is 5.02. The molecule has 0 aliphatic carbocycles. The van der Waals surface area contributed by atoms with Crippen molar-refractivity contribution in [2.24, 2.45) is 0 Å². The maximum absolute atomic E-state index is 10.6. The summed E-state index contributed by atoms with van der Waals surface area (Å²) >= 11 is 0. The molecule has 0 saturated carbocycles. The summed E-state index contributed by atoms with van der Waals surface area (Å²) < 4.78 is 0. The van der Waals surface area contributed by atoms with Crippen LogP contribution in [0.2, 0.25) is 0 Å². The zero-order valence-corrected chi connectivity index (χ0v) is 13.9. The molecule has 0 spiro atoms. The molecule has 0 amide bonds. The van der Waals surface area contributed by atoms with E-state index in [1.807, 2.05) is 0 Å². The van der Waals surface area contributed by atoms with Crippen LogP contribution in [0.5, 0.6) is 0 Å². The van der Waals surface area contributed by atoms with Crippen molar-refractivity contribution >= 4 is 142 Å². The van der Waals surface area contributed by atoms with E-state index in [-0.39, 0.29) is 145 Å². The van der Waals surface area contributed by atoms with Crippen molar-refractivity contribution in [2.75, 3.05) is 52.5 Å². The van der Waals surface area contributed by atoms with Crippen LogP contribution in [-0.2, 0) is 19.2 Å². The summed E-state index contributed by atoms with van der Waals surface area (Å²) in [6, 6.07) is 0. The molecule has 0 aliphatic rings. The van der Waals surface area contributed by atoms with Crippen LogP contribution < -0.4 is 0 Å². The van der Waals surface area contributed by atoms with Gasteiger partial charge < -0.3 is 35.7 Å². The molecule has 0 unspecified atom stereocenters. The monoisotopic (exact) mass is 480 g/mol. The van der Waals surface area contributed by atoms with E-state index in [0.29, 0.717) is 0 Å². The molecule has 13 nitrogen and oxygen atoms in total. The molecule has 0 radical (unpaired) electrons. The first-order valence-electron chi connectivity index (χ1n) is 7.23. The summed E-state index contributed by atoms with van der Waals surface area (Å²) in [5, 5.41) is 58.5. The molecule has 0 fully saturated rings. The molecule has 0 saturated heterocycles. The number of aliphatic hydroxyl groups is 3. The SMILES string of the molecule is O=C(O)CN(CCN(CC(=O)O)CC(=O)O)CC(=O)O.OCC(O)CO.[NaH].[NaH].[NaH].[NaH]. The number of carboxylic acid groups (broad SMARTS) is 4. The van der Waals surface area contributed by atoms with Crippen LogP contribution >= 0.6 is 0 Å². The second kappa shape index (κ2) is 28.7. The van der Waals surface area contributed by atoms with E-state index >= 15 is 0 Å². The van der Waals surface area contributed by atoms with Crippen molar-refractivity contribution < 1.29 is 54.9 Å². The Hall–Kier alpha value is 1.68. The minimum absolute atomic E-state index is 0. The van der Waals surface area contributed by atoms with Gasteiger partial charge in [0.1, 0.15) is 6.10 Å². The van der Waals surface area contributed by atoms with E-state index in [4.69, 9.17) is 35.7 Å². The van der Waals surface area contributed by atoms with Gasteiger partial charge in [0.25, 0.3) is 0 Å². The third kappa shape index (κ3) is 34.3. The fourth-order valence-corrected chi connectivity index (χ4v) is 1.53. The molecule has 0 aliphatic heterocycles. The first kappa shape index (κ1) is 45.2. The predicted octanol–water partition coefficient (Wildman–Crippen LogP) is -6.33. The van der Waals surface area contributed by atoms with Gasteiger partial charge in [-0.25, -0.2) is 0 Å². The van der Waals surface area contributed by atoms with Gasteiger partial charge in [0, 0.05) is 13.1 Å². The molecule has 0 aromatic heterocycles. The zero-order chi connectivity index (χ0) is 20.7. The van der Waals surface area contributed by atoms with Crippen LogP contribution in [-0.4, -0.2) is 246 Å². The normalized spacial score (nSPS) is 9.13. The van der Waals surface area contributed by atoms with Crippen molar-refractivity contribution in [3.63, 3.8) is 0 Å². The third-order valence-corrected chi connectivity index (χ3v) is 2.59. The molecule has 0 aromatic rings. The Kier molecular flexibility index (Phi) is 43.3. The van der Waals surface area contributed by atoms with Crippen LogP contribution in [0.1, 0.15) is 0 Å². The first-order chi connectivity index (χ1) is 12.0. The Morgan fingerprint density at radius 3 is 0.867 bits per heavy atom. The predicted molar refractivity (Wildman–Crippen MR) is 112 cm³/mol. The molecule has 0 atom stereocenters. The van der Waals surface area contributed by atoms with E-state index in [9.17, 15) is 19.2 Å². The van der Waals surface area contributed by atoms with Gasteiger partial charge >= 0.3 is 142 Å². The van der Waals surface area contributed by atoms with Gasteiger partial charge in [-0.05, 0) is 0 Å². The molecule has 0 rings (SSSR count). The minimum atomic E-state index is -1.23. The molecule has 160 valence electrons. The Morgan fingerprint density at radius 1 is 0.567 bits per heavy atom. The van der Waals surface area contributed by atoms with Crippen LogP contribution in [0.15, 0.2) is 0 Å². The number of nitrogens with zero attached hydrogens (tertiary/aromatic N) is 2. The molecule has 0 heterocycles. The summed E-state index contributed by atoms with van der Waals surface area (Å²) in [5.74, 6) is -4.91. The van der Waals surface area contributed by atoms with Gasteiger partial charge in [0.2, 0.25) is 0 Å². The Balaban J connectivity index is -0.000000126. The summed E-state index contributed by atoms with van der Waals surface area (Å²) in [7, 11) is 0. The van der Waals surface area contributed by atoms with Crippen LogP contribution in [0, 0.1) is 0 Å². The molecular weight excluding hydrogens is 452 g/mol. The fourth-order valence-electron chi connectivity index (χ4n) is 1.53. The third-order valence-electron chi connectivity index (χ3n) is 2.59. The Morgan fingerprint density at radius 2 is 0.767 bits per heavy atom. The molecule has 17 heteroatoms. The number of carbonyl (C=O) groups is 4. The van der Waals surface area contributed by atoms with Crippen molar-refractivity contribution in [1.29, 1.82) is 0 Å². The van der Waals surface area contributed by atoms with E-state index in [0.717, 1.165) is 9.80 Å². The fraction of sp³-hybridized carbons (Fsp3) is 0.692. The number of hydrogen-bond acceptors (Lipinski definition) is 9. The van der Waals surface area contributed by atoms with Crippen LogP contribution in [0.25, 0.3) is 0 Å². The van der Waals surface area contributed by atoms with Crippen molar-refractivity contribution in [2.45, 2.75) is 6.10 Å². The van der Waals surface area contributed by atoms with E-state index < -0.39 is 56.2 Å². The number of carboxylic acids is 4. The number of rotatable bonds is 13. The summed E-state index contributed by atoms with van der Waals surface area (Å²) in [6.07, 6.45) is -0.954. The molecule has 0 bridgehead atoms. The standard InChI is InChI=1S/C10H16N2O8.C3H8O3.4Na.4H/c13-7(14)3-11(4-8(15)16)1-2-12(5-9(17)18)6-10(19)20;4-1-3(6)2-5;;;;;;;;/h1-6H2,(H,13,14)(H,15,16)(H,17,18)(H,19,20);3-6H,1-2H2;;;;;;;;. The molecular formula is C13H28N2Na4O11. The zero-order valence-electron chi connectivity index (χ0n) is 13.9. The molecule has 30 heavy (non-hydrogen) atoms. The van der Waals surface area contributed by atoms with Gasteiger partial charge in [-0.15, -0.1) is 0 Å². The van der Waals surface area contributed by atoms with Gasteiger partial charge in [0.05, 0.1) is 39.4 Å². The van der Waals surface area contributed by atoms with Gasteiger partial charge in [-0.2, -0.15) is 0 Å². The van der Waals surface area contributed by atoms with Crippen molar-refractivity contribution in [3.8, 4) is 0 Å². The van der Waals surface area contributed by atoms with Crippen molar-refractivity contribution in [1.82, 2.24) is 9.80 Å². The average Bonchev–Trinajstić information content (AvgIpc) is 2.50.